The highest BCUT2D eigenvalue weighted by atomic mass is 16.5. The van der Waals surface area contributed by atoms with Crippen molar-refractivity contribution in [3.05, 3.63) is 65.4 Å². The lowest BCUT2D eigenvalue weighted by molar-refractivity contribution is -0.128. The number of fused-ring (bicyclic) bond motifs is 2. The fourth-order valence-electron chi connectivity index (χ4n) is 7.01. The SMILES string of the molecule is COC/C=C/C(=O)N1CCN(c2nc(OC[C@@H]3CCCN3C)nc3c2CCN(c2cccc4cccc(C)c24)C3)C[C@@H]1CC#N. The summed E-state index contributed by atoms with van der Waals surface area (Å²) in [6.07, 6.45) is 6.58. The number of hydrogen-bond donors (Lipinski definition) is 0. The van der Waals surface area contributed by atoms with Gasteiger partial charge in [0.15, 0.2) is 0 Å². The molecule has 236 valence electrons. The molecule has 3 aliphatic rings. The Labute approximate surface area is 265 Å². The van der Waals surface area contributed by atoms with Crippen LogP contribution in [0.25, 0.3) is 10.8 Å². The minimum atomic E-state index is -0.246. The summed E-state index contributed by atoms with van der Waals surface area (Å²) in [5.74, 6) is 0.774. The van der Waals surface area contributed by atoms with Gasteiger partial charge in [-0.3, -0.25) is 4.79 Å². The van der Waals surface area contributed by atoms with E-state index in [4.69, 9.17) is 19.4 Å². The van der Waals surface area contributed by atoms with Crippen LogP contribution in [0.3, 0.4) is 0 Å². The van der Waals surface area contributed by atoms with Crippen molar-refractivity contribution >= 4 is 28.2 Å². The van der Waals surface area contributed by atoms with Crippen molar-refractivity contribution in [3.63, 3.8) is 0 Å². The second kappa shape index (κ2) is 13.8. The van der Waals surface area contributed by atoms with Crippen LogP contribution in [-0.4, -0.2) is 97.9 Å². The fourth-order valence-corrected chi connectivity index (χ4v) is 7.01. The molecule has 0 spiro atoms. The molecule has 3 aromatic rings. The van der Waals surface area contributed by atoms with Crippen LogP contribution in [0.5, 0.6) is 6.01 Å². The number of benzene rings is 2. The van der Waals surface area contributed by atoms with Crippen molar-refractivity contribution < 1.29 is 14.3 Å². The maximum Gasteiger partial charge on any atom is 0.318 e. The van der Waals surface area contributed by atoms with Gasteiger partial charge in [0, 0.05) is 62.0 Å². The van der Waals surface area contributed by atoms with Crippen LogP contribution < -0.4 is 14.5 Å². The summed E-state index contributed by atoms with van der Waals surface area (Å²) in [6.45, 7) is 7.32. The highest BCUT2D eigenvalue weighted by molar-refractivity contribution is 5.97. The number of hydrogen-bond acceptors (Lipinski definition) is 9. The van der Waals surface area contributed by atoms with Crippen LogP contribution in [0.1, 0.15) is 36.1 Å². The van der Waals surface area contributed by atoms with Crippen molar-refractivity contribution in [1.82, 2.24) is 19.8 Å². The molecule has 0 aliphatic carbocycles. The topological polar surface area (TPSA) is 98.1 Å². The molecule has 2 atom stereocenters. The number of aromatic nitrogens is 2. The molecule has 2 saturated heterocycles. The molecule has 0 saturated carbocycles. The zero-order chi connectivity index (χ0) is 31.3. The number of likely N-dealkylation sites (N-methyl/N-ethyl adjacent to an activating group) is 1. The molecule has 0 N–H and O–H groups in total. The molecule has 1 amide bonds. The molecule has 1 aromatic heterocycles. The van der Waals surface area contributed by atoms with Crippen LogP contribution in [0, 0.1) is 18.3 Å². The summed E-state index contributed by atoms with van der Waals surface area (Å²) in [7, 11) is 3.74. The second-order valence-electron chi connectivity index (χ2n) is 12.3. The van der Waals surface area contributed by atoms with Crippen molar-refractivity contribution in [2.45, 2.75) is 51.2 Å². The van der Waals surface area contributed by atoms with Crippen LogP contribution in [0.2, 0.25) is 0 Å². The molecule has 6 rings (SSSR count). The van der Waals surface area contributed by atoms with Crippen LogP contribution in [0.15, 0.2) is 48.6 Å². The summed E-state index contributed by atoms with van der Waals surface area (Å²) >= 11 is 0. The van der Waals surface area contributed by atoms with Gasteiger partial charge in [-0.1, -0.05) is 36.4 Å². The zero-order valence-electron chi connectivity index (χ0n) is 26.6. The number of piperazine rings is 1. The minimum absolute atomic E-state index is 0.0950. The molecular weight excluding hydrogens is 566 g/mol. The standard InChI is InChI=1S/C35H43N7O3/c1-25-8-4-9-26-10-5-12-31(33(25)26)40-18-15-29-30(23-40)37-35(45-24-28-11-6-17-39(28)2)38-34(29)41-19-20-42(27(22-41)14-16-36)32(43)13-7-21-44-3/h4-5,7-10,12-13,27-28H,6,11,14-15,17-24H2,1-3H3/b13-7+/t27-,28-/m0/s1. The van der Waals surface area contributed by atoms with E-state index in [9.17, 15) is 10.1 Å². The third kappa shape index (κ3) is 6.60. The van der Waals surface area contributed by atoms with Crippen LogP contribution >= 0.6 is 0 Å². The van der Waals surface area contributed by atoms with Gasteiger partial charge in [0.1, 0.15) is 12.4 Å². The van der Waals surface area contributed by atoms with E-state index < -0.39 is 0 Å². The van der Waals surface area contributed by atoms with E-state index in [1.165, 1.54) is 28.4 Å². The highest BCUT2D eigenvalue weighted by Gasteiger charge is 2.34. The molecule has 3 aliphatic heterocycles. The van der Waals surface area contributed by atoms with Gasteiger partial charge in [0.2, 0.25) is 5.91 Å². The first-order valence-corrected chi connectivity index (χ1v) is 16.0. The number of nitrogens with zero attached hydrogens (tertiary/aromatic N) is 7. The molecule has 0 bridgehead atoms. The number of nitriles is 1. The Balaban J connectivity index is 1.31. The summed E-state index contributed by atoms with van der Waals surface area (Å²) in [5.41, 5.74) is 4.58. The average Bonchev–Trinajstić information content (AvgIpc) is 3.47. The average molecular weight is 610 g/mol. The first-order valence-electron chi connectivity index (χ1n) is 16.0. The van der Waals surface area contributed by atoms with Crippen molar-refractivity contribution in [2.24, 2.45) is 0 Å². The fraction of sp³-hybridized carbons (Fsp3) is 0.486. The van der Waals surface area contributed by atoms with Crippen molar-refractivity contribution in [1.29, 1.82) is 5.26 Å². The van der Waals surface area contributed by atoms with Crippen LogP contribution in [-0.2, 0) is 22.5 Å². The number of ether oxygens (including phenoxy) is 2. The Hall–Kier alpha value is -4.20. The number of aryl methyl sites for hydroxylation is 1. The van der Waals surface area contributed by atoms with E-state index in [1.807, 2.05) is 0 Å². The third-order valence-corrected chi connectivity index (χ3v) is 9.45. The number of carbonyl (C=O) groups excluding carboxylic acids is 1. The predicted octanol–water partition coefficient (Wildman–Crippen LogP) is 4.11. The van der Waals surface area contributed by atoms with Crippen molar-refractivity contribution in [3.8, 4) is 12.1 Å². The third-order valence-electron chi connectivity index (χ3n) is 9.45. The molecule has 4 heterocycles. The summed E-state index contributed by atoms with van der Waals surface area (Å²) in [6, 6.07) is 15.8. The molecule has 45 heavy (non-hydrogen) atoms. The van der Waals surface area contributed by atoms with E-state index >= 15 is 0 Å². The van der Waals surface area contributed by atoms with Crippen LogP contribution in [0.4, 0.5) is 11.5 Å². The normalized spacial score (nSPS) is 20.5. The Kier molecular flexibility index (Phi) is 9.47. The summed E-state index contributed by atoms with van der Waals surface area (Å²) in [5, 5.41) is 12.2. The first kappa shape index (κ1) is 30.8. The number of likely N-dealkylation sites (tertiary alicyclic amines) is 1. The smallest absolute Gasteiger partial charge is 0.318 e. The van der Waals surface area contributed by atoms with Gasteiger partial charge in [-0.2, -0.15) is 15.2 Å². The molecule has 10 nitrogen and oxygen atoms in total. The minimum Gasteiger partial charge on any atom is -0.462 e. The Morgan fingerprint density at radius 3 is 2.71 bits per heavy atom. The van der Waals surface area contributed by atoms with E-state index in [1.54, 1.807) is 24.2 Å². The maximum atomic E-state index is 13.0. The first-order chi connectivity index (χ1) is 22.0. The Morgan fingerprint density at radius 1 is 1.09 bits per heavy atom. The van der Waals surface area contributed by atoms with Gasteiger partial charge in [0.05, 0.1) is 37.4 Å². The van der Waals surface area contributed by atoms with Gasteiger partial charge in [-0.15, -0.1) is 0 Å². The second-order valence-corrected chi connectivity index (χ2v) is 12.3. The maximum absolute atomic E-state index is 13.0. The van der Waals surface area contributed by atoms with E-state index in [0.717, 1.165) is 43.0 Å². The van der Waals surface area contributed by atoms with Crippen molar-refractivity contribution in [2.75, 3.05) is 69.9 Å². The van der Waals surface area contributed by atoms with Gasteiger partial charge in [-0.25, -0.2) is 0 Å². The van der Waals surface area contributed by atoms with Gasteiger partial charge < -0.3 is 29.1 Å². The lowest BCUT2D eigenvalue weighted by Crippen LogP contribution is -2.55. The number of rotatable bonds is 9. The number of anilines is 2. The molecule has 10 heteroatoms. The van der Waals surface area contributed by atoms with Gasteiger partial charge in [0.25, 0.3) is 0 Å². The summed E-state index contributed by atoms with van der Waals surface area (Å²) in [4.78, 5) is 31.8. The van der Waals surface area contributed by atoms with Gasteiger partial charge >= 0.3 is 6.01 Å². The zero-order valence-corrected chi connectivity index (χ0v) is 26.6. The number of methoxy groups -OCH3 is 1. The largest absolute Gasteiger partial charge is 0.462 e. The molecule has 2 fully saturated rings. The highest BCUT2D eigenvalue weighted by Crippen LogP contribution is 2.36. The summed E-state index contributed by atoms with van der Waals surface area (Å²) < 4.78 is 11.4. The monoisotopic (exact) mass is 609 g/mol. The molecule has 0 unspecified atom stereocenters. The number of carbonyl (C=O) groups is 1. The Bertz CT molecular complexity index is 1600. The quantitative estimate of drug-likeness (QED) is 0.332. The van der Waals surface area contributed by atoms with Gasteiger partial charge in [-0.05, 0) is 56.8 Å². The molecule has 0 radical (unpaired) electrons. The lowest BCUT2D eigenvalue weighted by atomic mass is 9.99. The van der Waals surface area contributed by atoms with E-state index in [0.29, 0.717) is 51.4 Å². The Morgan fingerprint density at radius 2 is 1.93 bits per heavy atom. The molecule has 2 aromatic carbocycles. The van der Waals surface area contributed by atoms with E-state index in [-0.39, 0.29) is 18.4 Å². The number of amides is 1. The predicted molar refractivity (Wildman–Crippen MR) is 176 cm³/mol. The molecular formula is C35H43N7O3. The van der Waals surface area contributed by atoms with E-state index in [2.05, 4.69) is 71.1 Å². The lowest BCUT2D eigenvalue weighted by Gasteiger charge is -2.42.